The molecule has 0 aliphatic carbocycles. The van der Waals surface area contributed by atoms with E-state index in [2.05, 4.69) is 0 Å². The summed E-state index contributed by atoms with van der Waals surface area (Å²) in [5.41, 5.74) is 2.58. The van der Waals surface area contributed by atoms with Crippen LogP contribution in [0.5, 0.6) is 0 Å². The number of imidazole rings is 1. The van der Waals surface area contributed by atoms with Crippen molar-refractivity contribution < 1.29 is 9.90 Å². The van der Waals surface area contributed by atoms with Crippen LogP contribution in [0.2, 0.25) is 0 Å². The number of nitrogens with zero attached hydrogens (tertiary/aromatic N) is 3. The van der Waals surface area contributed by atoms with E-state index < -0.39 is 6.10 Å². The van der Waals surface area contributed by atoms with E-state index in [1.54, 1.807) is 16.2 Å². The van der Waals surface area contributed by atoms with Crippen molar-refractivity contribution in [1.29, 1.82) is 0 Å². The van der Waals surface area contributed by atoms with Gasteiger partial charge in [-0.15, -0.1) is 0 Å². The predicted octanol–water partition coefficient (Wildman–Crippen LogP) is 2.70. The molecule has 6 heteroatoms. The Balaban J connectivity index is 1.35. The van der Waals surface area contributed by atoms with Crippen molar-refractivity contribution in [3.8, 4) is 0 Å². The summed E-state index contributed by atoms with van der Waals surface area (Å²) in [7, 11) is 1.76. The number of aromatic nitrogens is 2. The zero-order valence-corrected chi connectivity index (χ0v) is 16.7. The van der Waals surface area contributed by atoms with Crippen molar-refractivity contribution >= 4 is 16.9 Å². The van der Waals surface area contributed by atoms with Gasteiger partial charge in [-0.3, -0.25) is 13.9 Å². The van der Waals surface area contributed by atoms with Crippen molar-refractivity contribution in [2.24, 2.45) is 13.0 Å². The van der Waals surface area contributed by atoms with Crippen LogP contribution in [0.15, 0.2) is 59.4 Å². The lowest BCUT2D eigenvalue weighted by molar-refractivity contribution is -0.133. The highest BCUT2D eigenvalue weighted by atomic mass is 16.3. The smallest absolute Gasteiger partial charge is 0.328 e. The molecule has 1 aliphatic rings. The zero-order valence-electron chi connectivity index (χ0n) is 16.7. The second-order valence-corrected chi connectivity index (χ2v) is 7.81. The highest BCUT2D eigenvalue weighted by molar-refractivity contribution is 5.78. The van der Waals surface area contributed by atoms with Crippen LogP contribution < -0.4 is 5.69 Å². The monoisotopic (exact) mass is 393 g/mol. The Hall–Kier alpha value is -2.86. The Bertz CT molecular complexity index is 1050. The van der Waals surface area contributed by atoms with Crippen LogP contribution in [-0.4, -0.2) is 38.1 Å². The zero-order chi connectivity index (χ0) is 20.4. The normalized spacial score (nSPS) is 16.3. The molecule has 1 unspecified atom stereocenters. The Morgan fingerprint density at radius 2 is 1.66 bits per heavy atom. The van der Waals surface area contributed by atoms with Gasteiger partial charge >= 0.3 is 5.69 Å². The van der Waals surface area contributed by atoms with Crippen LogP contribution >= 0.6 is 0 Å². The number of aliphatic hydroxyl groups excluding tert-OH is 1. The van der Waals surface area contributed by atoms with E-state index in [9.17, 15) is 14.7 Å². The maximum atomic E-state index is 12.7. The average molecular weight is 393 g/mol. The maximum Gasteiger partial charge on any atom is 0.328 e. The molecular formula is C23H27N3O3. The topological polar surface area (TPSA) is 67.5 Å². The summed E-state index contributed by atoms with van der Waals surface area (Å²) in [4.78, 5) is 27.1. The molecule has 2 heterocycles. The molecule has 1 N–H and O–H groups in total. The first-order valence-corrected chi connectivity index (χ1v) is 10.2. The number of carbonyl (C=O) groups excluding carboxylic acids is 1. The number of aryl methyl sites for hydroxylation is 2. The van der Waals surface area contributed by atoms with Crippen molar-refractivity contribution in [3.05, 3.63) is 70.6 Å². The van der Waals surface area contributed by atoms with Crippen LogP contribution in [0.25, 0.3) is 11.0 Å². The van der Waals surface area contributed by atoms with Crippen LogP contribution in [0, 0.1) is 5.92 Å². The van der Waals surface area contributed by atoms with Gasteiger partial charge in [0.15, 0.2) is 0 Å². The fraction of sp³-hybridized carbons (Fsp3) is 0.391. The van der Waals surface area contributed by atoms with Crippen LogP contribution in [0.3, 0.4) is 0 Å². The highest BCUT2D eigenvalue weighted by Gasteiger charge is 2.28. The summed E-state index contributed by atoms with van der Waals surface area (Å²) in [5.74, 6) is 0.236. The number of piperidine rings is 1. The molecule has 1 fully saturated rings. The molecule has 0 radical (unpaired) electrons. The molecule has 29 heavy (non-hydrogen) atoms. The fourth-order valence-corrected chi connectivity index (χ4v) is 4.33. The number of amides is 1. The van der Waals surface area contributed by atoms with Gasteiger partial charge in [0.25, 0.3) is 0 Å². The molecule has 4 rings (SSSR count). The highest BCUT2D eigenvalue weighted by Crippen LogP contribution is 2.30. The standard InChI is InChI=1S/C23H27N3O3/c1-24-19-9-5-6-10-20(19)26(23(24)29)16-13-21(27)25-14-11-18(12-15-25)22(28)17-7-3-2-4-8-17/h2-10,18,22,28H,11-16H2,1H3. The van der Waals surface area contributed by atoms with Crippen molar-refractivity contribution in [3.63, 3.8) is 0 Å². The number of fused-ring (bicyclic) bond motifs is 1. The number of benzene rings is 2. The summed E-state index contributed by atoms with van der Waals surface area (Å²) >= 11 is 0. The van der Waals surface area contributed by atoms with E-state index in [1.165, 1.54) is 0 Å². The van der Waals surface area contributed by atoms with Gasteiger partial charge in [0.1, 0.15) is 0 Å². The first-order chi connectivity index (χ1) is 14.1. The number of aliphatic hydroxyl groups is 1. The van der Waals surface area contributed by atoms with Crippen LogP contribution in [-0.2, 0) is 18.4 Å². The van der Waals surface area contributed by atoms with E-state index in [0.717, 1.165) is 29.4 Å². The molecular weight excluding hydrogens is 366 g/mol. The number of hydrogen-bond acceptors (Lipinski definition) is 3. The van der Waals surface area contributed by atoms with Crippen molar-refractivity contribution in [2.45, 2.75) is 31.9 Å². The second-order valence-electron chi connectivity index (χ2n) is 7.81. The number of para-hydroxylation sites is 2. The quantitative estimate of drug-likeness (QED) is 0.725. The molecule has 0 saturated carbocycles. The Labute approximate surface area is 170 Å². The summed E-state index contributed by atoms with van der Waals surface area (Å²) in [6.45, 7) is 1.68. The van der Waals surface area contributed by atoms with Gasteiger partial charge in [-0.25, -0.2) is 4.79 Å². The molecule has 1 saturated heterocycles. The minimum Gasteiger partial charge on any atom is -0.388 e. The fourth-order valence-electron chi connectivity index (χ4n) is 4.33. The van der Waals surface area contributed by atoms with Crippen LogP contribution in [0.1, 0.15) is 30.9 Å². The number of likely N-dealkylation sites (tertiary alicyclic amines) is 1. The van der Waals surface area contributed by atoms with E-state index in [0.29, 0.717) is 26.1 Å². The van der Waals surface area contributed by atoms with Gasteiger partial charge in [0.2, 0.25) is 5.91 Å². The molecule has 1 aliphatic heterocycles. The minimum absolute atomic E-state index is 0.0671. The van der Waals surface area contributed by atoms with E-state index in [1.807, 2.05) is 59.5 Å². The first kappa shape index (κ1) is 19.5. The van der Waals surface area contributed by atoms with Crippen molar-refractivity contribution in [1.82, 2.24) is 14.0 Å². The molecule has 2 aromatic carbocycles. The lowest BCUT2D eigenvalue weighted by Gasteiger charge is -2.34. The van der Waals surface area contributed by atoms with Gasteiger partial charge < -0.3 is 10.0 Å². The SMILES string of the molecule is Cn1c(=O)n(CCC(=O)N2CCC(C(O)c3ccccc3)CC2)c2ccccc21. The number of carbonyl (C=O) groups is 1. The summed E-state index contributed by atoms with van der Waals surface area (Å²) in [6, 6.07) is 17.4. The van der Waals surface area contributed by atoms with Crippen molar-refractivity contribution in [2.75, 3.05) is 13.1 Å². The second kappa shape index (κ2) is 8.25. The van der Waals surface area contributed by atoms with E-state index in [-0.39, 0.29) is 17.5 Å². The Kier molecular flexibility index (Phi) is 5.53. The molecule has 1 aromatic heterocycles. The molecule has 0 bridgehead atoms. The van der Waals surface area contributed by atoms with Gasteiger partial charge in [-0.1, -0.05) is 42.5 Å². The minimum atomic E-state index is -0.484. The molecule has 6 nitrogen and oxygen atoms in total. The van der Waals surface area contributed by atoms with Gasteiger partial charge in [0.05, 0.1) is 17.1 Å². The summed E-state index contributed by atoms with van der Waals surface area (Å²) in [6.07, 6.45) is 1.40. The first-order valence-electron chi connectivity index (χ1n) is 10.2. The number of rotatable bonds is 5. The Morgan fingerprint density at radius 1 is 1.03 bits per heavy atom. The summed E-state index contributed by atoms with van der Waals surface area (Å²) < 4.78 is 3.30. The third kappa shape index (κ3) is 3.85. The number of hydrogen-bond donors (Lipinski definition) is 1. The van der Waals surface area contributed by atoms with Gasteiger partial charge in [-0.2, -0.15) is 0 Å². The van der Waals surface area contributed by atoms with Gasteiger partial charge in [0, 0.05) is 33.1 Å². The average Bonchev–Trinajstić information content (AvgIpc) is 3.02. The van der Waals surface area contributed by atoms with Gasteiger partial charge in [-0.05, 0) is 36.5 Å². The molecule has 1 amide bonds. The molecule has 0 spiro atoms. The lowest BCUT2D eigenvalue weighted by atomic mass is 9.87. The lowest BCUT2D eigenvalue weighted by Crippen LogP contribution is -2.40. The molecule has 152 valence electrons. The summed E-state index contributed by atoms with van der Waals surface area (Å²) in [5, 5.41) is 10.6. The Morgan fingerprint density at radius 3 is 2.34 bits per heavy atom. The van der Waals surface area contributed by atoms with E-state index >= 15 is 0 Å². The predicted molar refractivity (Wildman–Crippen MR) is 113 cm³/mol. The van der Waals surface area contributed by atoms with E-state index in [4.69, 9.17) is 0 Å². The maximum absolute atomic E-state index is 12.7. The largest absolute Gasteiger partial charge is 0.388 e. The third-order valence-electron chi connectivity index (χ3n) is 6.08. The molecule has 1 atom stereocenters. The third-order valence-corrected chi connectivity index (χ3v) is 6.08. The van der Waals surface area contributed by atoms with Crippen LogP contribution in [0.4, 0.5) is 0 Å². The molecule has 3 aromatic rings.